The summed E-state index contributed by atoms with van der Waals surface area (Å²) in [6, 6.07) is 2.87. The molecule has 112 valence electrons. The molecule has 0 bridgehead atoms. The lowest BCUT2D eigenvalue weighted by atomic mass is 10.1. The first kappa shape index (κ1) is 14.1. The lowest BCUT2D eigenvalue weighted by Gasteiger charge is -2.29. The third-order valence-corrected chi connectivity index (χ3v) is 4.62. The van der Waals surface area contributed by atoms with Crippen LogP contribution in [0.4, 0.5) is 0 Å². The molecule has 1 aromatic heterocycles. The molecule has 2 heterocycles. The molecule has 2 aliphatic rings. The maximum Gasteiger partial charge on any atom is 0.0764 e. The van der Waals surface area contributed by atoms with E-state index in [2.05, 4.69) is 41.0 Å². The van der Waals surface area contributed by atoms with Crippen molar-refractivity contribution in [3.63, 3.8) is 0 Å². The average Bonchev–Trinajstić information content (AvgIpc) is 3.01. The number of rotatable bonds is 3. The Balaban J connectivity index is 1.62. The highest BCUT2D eigenvalue weighted by Crippen LogP contribution is 2.28. The standard InChI is InChI=1S/C16H28N4/c1-16(2)13-19(10-5-9-17-16)12-14-8-11-20(18-14)15-6-3-4-7-15/h8,11,15,17H,3-7,9-10,12-13H2,1-2H3. The summed E-state index contributed by atoms with van der Waals surface area (Å²) >= 11 is 0. The van der Waals surface area contributed by atoms with Crippen molar-refractivity contribution in [3.05, 3.63) is 18.0 Å². The van der Waals surface area contributed by atoms with Gasteiger partial charge >= 0.3 is 0 Å². The van der Waals surface area contributed by atoms with Gasteiger partial charge in [-0.2, -0.15) is 5.10 Å². The SMILES string of the molecule is CC1(C)CN(Cc2ccn(C3CCCC3)n2)CCCN1. The fourth-order valence-corrected chi connectivity index (χ4v) is 3.62. The van der Waals surface area contributed by atoms with Gasteiger partial charge in [-0.25, -0.2) is 0 Å². The van der Waals surface area contributed by atoms with E-state index in [0.29, 0.717) is 6.04 Å². The monoisotopic (exact) mass is 276 g/mol. The fourth-order valence-electron chi connectivity index (χ4n) is 3.62. The lowest BCUT2D eigenvalue weighted by Crippen LogP contribution is -2.46. The van der Waals surface area contributed by atoms with E-state index in [1.807, 2.05) is 0 Å². The Morgan fingerprint density at radius 3 is 2.90 bits per heavy atom. The van der Waals surface area contributed by atoms with Gasteiger partial charge in [0.05, 0.1) is 11.7 Å². The average molecular weight is 276 g/mol. The van der Waals surface area contributed by atoms with Crippen molar-refractivity contribution in [2.75, 3.05) is 19.6 Å². The van der Waals surface area contributed by atoms with Gasteiger partial charge in [-0.1, -0.05) is 12.8 Å². The second-order valence-electron chi connectivity index (χ2n) is 7.10. The molecule has 0 amide bonds. The van der Waals surface area contributed by atoms with Crippen LogP contribution in [0.25, 0.3) is 0 Å². The summed E-state index contributed by atoms with van der Waals surface area (Å²) in [5.41, 5.74) is 1.44. The second kappa shape index (κ2) is 5.86. The fraction of sp³-hybridized carbons (Fsp3) is 0.812. The topological polar surface area (TPSA) is 33.1 Å². The molecule has 4 heteroatoms. The van der Waals surface area contributed by atoms with Gasteiger partial charge in [0.2, 0.25) is 0 Å². The maximum atomic E-state index is 4.82. The molecule has 3 rings (SSSR count). The molecule has 0 unspecified atom stereocenters. The summed E-state index contributed by atoms with van der Waals surface area (Å²) in [4.78, 5) is 2.54. The van der Waals surface area contributed by atoms with Gasteiger partial charge < -0.3 is 5.32 Å². The third kappa shape index (κ3) is 3.41. The van der Waals surface area contributed by atoms with E-state index in [1.54, 1.807) is 0 Å². The molecule has 1 aliphatic heterocycles. The molecule has 0 radical (unpaired) electrons. The van der Waals surface area contributed by atoms with Crippen LogP contribution >= 0.6 is 0 Å². The zero-order valence-corrected chi connectivity index (χ0v) is 12.9. The summed E-state index contributed by atoms with van der Waals surface area (Å²) in [5.74, 6) is 0. The van der Waals surface area contributed by atoms with Gasteiger partial charge in [0.25, 0.3) is 0 Å². The van der Waals surface area contributed by atoms with Crippen LogP contribution in [-0.2, 0) is 6.54 Å². The maximum absolute atomic E-state index is 4.82. The molecular weight excluding hydrogens is 248 g/mol. The molecule has 1 aromatic rings. The van der Waals surface area contributed by atoms with Gasteiger partial charge in [-0.15, -0.1) is 0 Å². The quantitative estimate of drug-likeness (QED) is 0.921. The van der Waals surface area contributed by atoms with Crippen LogP contribution in [0.5, 0.6) is 0 Å². The first-order chi connectivity index (χ1) is 9.62. The minimum Gasteiger partial charge on any atom is -0.310 e. The summed E-state index contributed by atoms with van der Waals surface area (Å²) < 4.78 is 2.21. The number of nitrogens with one attached hydrogen (secondary N) is 1. The van der Waals surface area contributed by atoms with Crippen molar-refractivity contribution in [1.29, 1.82) is 0 Å². The summed E-state index contributed by atoms with van der Waals surface area (Å²) in [5, 5.41) is 8.44. The van der Waals surface area contributed by atoms with Crippen LogP contribution in [0.2, 0.25) is 0 Å². The summed E-state index contributed by atoms with van der Waals surface area (Å²) in [7, 11) is 0. The van der Waals surface area contributed by atoms with Crippen LogP contribution in [-0.4, -0.2) is 39.9 Å². The van der Waals surface area contributed by atoms with Crippen molar-refractivity contribution in [1.82, 2.24) is 20.0 Å². The summed E-state index contributed by atoms with van der Waals surface area (Å²) in [6.07, 6.45) is 8.76. The molecule has 2 fully saturated rings. The van der Waals surface area contributed by atoms with Crippen molar-refractivity contribution >= 4 is 0 Å². The minimum atomic E-state index is 0.213. The van der Waals surface area contributed by atoms with E-state index in [1.165, 1.54) is 44.3 Å². The minimum absolute atomic E-state index is 0.213. The highest BCUT2D eigenvalue weighted by atomic mass is 15.3. The highest BCUT2D eigenvalue weighted by Gasteiger charge is 2.24. The van der Waals surface area contributed by atoms with Crippen molar-refractivity contribution < 1.29 is 0 Å². The molecule has 0 atom stereocenters. The van der Waals surface area contributed by atoms with E-state index in [-0.39, 0.29) is 5.54 Å². The number of hydrogen-bond acceptors (Lipinski definition) is 3. The highest BCUT2D eigenvalue weighted by molar-refractivity contribution is 5.01. The van der Waals surface area contributed by atoms with E-state index in [0.717, 1.165) is 19.6 Å². The molecule has 0 aromatic carbocycles. The van der Waals surface area contributed by atoms with Gasteiger partial charge in [0.15, 0.2) is 0 Å². The predicted molar refractivity (Wildman–Crippen MR) is 81.7 cm³/mol. The predicted octanol–water partition coefficient (Wildman–Crippen LogP) is 2.57. The molecule has 1 N–H and O–H groups in total. The van der Waals surface area contributed by atoms with E-state index in [9.17, 15) is 0 Å². The zero-order valence-electron chi connectivity index (χ0n) is 12.9. The van der Waals surface area contributed by atoms with Crippen molar-refractivity contribution in [2.45, 2.75) is 64.1 Å². The van der Waals surface area contributed by atoms with E-state index in [4.69, 9.17) is 5.10 Å². The Morgan fingerprint density at radius 1 is 1.30 bits per heavy atom. The van der Waals surface area contributed by atoms with Gasteiger partial charge in [0, 0.05) is 24.8 Å². The number of aromatic nitrogens is 2. The second-order valence-corrected chi connectivity index (χ2v) is 7.10. The molecule has 20 heavy (non-hydrogen) atoms. The van der Waals surface area contributed by atoms with Crippen LogP contribution in [0.3, 0.4) is 0 Å². The Kier molecular flexibility index (Phi) is 4.13. The molecule has 1 saturated carbocycles. The van der Waals surface area contributed by atoms with E-state index >= 15 is 0 Å². The van der Waals surface area contributed by atoms with Gasteiger partial charge in [-0.05, 0) is 52.3 Å². The van der Waals surface area contributed by atoms with Crippen LogP contribution in [0.15, 0.2) is 12.3 Å². The van der Waals surface area contributed by atoms with Gasteiger partial charge in [-0.3, -0.25) is 9.58 Å². The van der Waals surface area contributed by atoms with Crippen LogP contribution in [0, 0.1) is 0 Å². The molecule has 4 nitrogen and oxygen atoms in total. The molecular formula is C16H28N4. The lowest BCUT2D eigenvalue weighted by molar-refractivity contribution is 0.221. The van der Waals surface area contributed by atoms with Crippen molar-refractivity contribution in [2.24, 2.45) is 0 Å². The Hall–Kier alpha value is -0.870. The first-order valence-electron chi connectivity index (χ1n) is 8.14. The summed E-state index contributed by atoms with van der Waals surface area (Å²) in [6.45, 7) is 8.98. The van der Waals surface area contributed by atoms with Gasteiger partial charge in [0.1, 0.15) is 0 Å². The third-order valence-electron chi connectivity index (χ3n) is 4.62. The number of nitrogens with zero attached hydrogens (tertiary/aromatic N) is 3. The smallest absolute Gasteiger partial charge is 0.0764 e. The van der Waals surface area contributed by atoms with E-state index < -0.39 is 0 Å². The normalized spacial score (nSPS) is 24.9. The zero-order chi connectivity index (χ0) is 14.0. The van der Waals surface area contributed by atoms with Crippen molar-refractivity contribution in [3.8, 4) is 0 Å². The Bertz CT molecular complexity index is 431. The first-order valence-corrected chi connectivity index (χ1v) is 8.14. The van der Waals surface area contributed by atoms with Crippen LogP contribution in [0.1, 0.15) is 57.7 Å². The Morgan fingerprint density at radius 2 is 2.10 bits per heavy atom. The largest absolute Gasteiger partial charge is 0.310 e. The molecule has 1 aliphatic carbocycles. The number of hydrogen-bond donors (Lipinski definition) is 1. The Labute approximate surface area is 122 Å². The van der Waals surface area contributed by atoms with Crippen LogP contribution < -0.4 is 5.32 Å². The molecule has 1 saturated heterocycles. The molecule has 0 spiro atoms.